The number of likely N-dealkylation sites (tertiary alicyclic amines) is 1. The average molecular weight is 304 g/mol. The van der Waals surface area contributed by atoms with Crippen LogP contribution in [0.1, 0.15) is 24.8 Å². The summed E-state index contributed by atoms with van der Waals surface area (Å²) in [6.07, 6.45) is 6.56. The molecule has 1 heterocycles. The molecule has 0 radical (unpaired) electrons. The lowest BCUT2D eigenvalue weighted by molar-refractivity contribution is -0.129. The topological polar surface area (TPSA) is 64.8 Å². The number of hydrogen-bond donors (Lipinski definition) is 1. The maximum Gasteiger partial charge on any atom is 0.246 e. The zero-order valence-corrected chi connectivity index (χ0v) is 13.2. The smallest absolute Gasteiger partial charge is 0.246 e. The largest absolute Gasteiger partial charge is 0.497 e. The summed E-state index contributed by atoms with van der Waals surface area (Å²) < 4.78 is 10.5. The first kappa shape index (κ1) is 16.4. The highest BCUT2D eigenvalue weighted by molar-refractivity contribution is 5.92. The van der Waals surface area contributed by atoms with E-state index in [0.29, 0.717) is 18.0 Å². The van der Waals surface area contributed by atoms with Gasteiger partial charge in [0.15, 0.2) is 0 Å². The number of nitrogens with two attached hydrogens (primary N) is 1. The van der Waals surface area contributed by atoms with E-state index in [1.807, 2.05) is 17.0 Å². The van der Waals surface area contributed by atoms with E-state index in [4.69, 9.17) is 15.2 Å². The molecule has 0 saturated carbocycles. The van der Waals surface area contributed by atoms with Gasteiger partial charge in [-0.1, -0.05) is 0 Å². The third kappa shape index (κ3) is 4.01. The van der Waals surface area contributed by atoms with Crippen LogP contribution in [-0.4, -0.2) is 44.2 Å². The highest BCUT2D eigenvalue weighted by atomic mass is 16.5. The van der Waals surface area contributed by atoms with Gasteiger partial charge in [0.05, 0.1) is 14.2 Å². The molecule has 1 amide bonds. The SMILES string of the molecule is COc1cc(C=CC(=O)N2CCCCC2CN)cc(OC)c1. The molecule has 1 aromatic rings. The molecule has 5 nitrogen and oxygen atoms in total. The quantitative estimate of drug-likeness (QED) is 0.846. The van der Waals surface area contributed by atoms with Gasteiger partial charge in [-0.3, -0.25) is 4.79 Å². The fraction of sp³-hybridized carbons (Fsp3) is 0.471. The molecule has 22 heavy (non-hydrogen) atoms. The van der Waals surface area contributed by atoms with Gasteiger partial charge in [-0.05, 0) is 43.0 Å². The minimum atomic E-state index is 0.0111. The van der Waals surface area contributed by atoms with Crippen molar-refractivity contribution in [2.24, 2.45) is 5.73 Å². The molecular formula is C17H24N2O3. The number of ether oxygens (including phenoxy) is 2. The second-order valence-corrected chi connectivity index (χ2v) is 5.40. The minimum Gasteiger partial charge on any atom is -0.497 e. The molecule has 0 spiro atoms. The molecule has 1 atom stereocenters. The van der Waals surface area contributed by atoms with Crippen molar-refractivity contribution in [3.8, 4) is 11.5 Å². The van der Waals surface area contributed by atoms with E-state index in [-0.39, 0.29) is 11.9 Å². The van der Waals surface area contributed by atoms with Crippen LogP contribution in [-0.2, 0) is 4.79 Å². The summed E-state index contributed by atoms with van der Waals surface area (Å²) in [5.74, 6) is 1.41. The normalized spacial score (nSPS) is 18.5. The number of amides is 1. The summed E-state index contributed by atoms with van der Waals surface area (Å²) in [5.41, 5.74) is 6.63. The van der Waals surface area contributed by atoms with Gasteiger partial charge >= 0.3 is 0 Å². The summed E-state index contributed by atoms with van der Waals surface area (Å²) in [4.78, 5) is 14.2. The van der Waals surface area contributed by atoms with Crippen LogP contribution < -0.4 is 15.2 Å². The minimum absolute atomic E-state index is 0.0111. The Morgan fingerprint density at radius 3 is 2.55 bits per heavy atom. The Morgan fingerprint density at radius 2 is 1.95 bits per heavy atom. The lowest BCUT2D eigenvalue weighted by atomic mass is 10.0. The number of hydrogen-bond acceptors (Lipinski definition) is 4. The van der Waals surface area contributed by atoms with Crippen LogP contribution in [0.25, 0.3) is 6.08 Å². The van der Waals surface area contributed by atoms with Gasteiger partial charge in [0.1, 0.15) is 11.5 Å². The third-order valence-electron chi connectivity index (χ3n) is 3.97. The first-order valence-electron chi connectivity index (χ1n) is 7.59. The number of rotatable bonds is 5. The maximum absolute atomic E-state index is 12.4. The van der Waals surface area contributed by atoms with Gasteiger partial charge in [0.25, 0.3) is 0 Å². The molecule has 1 unspecified atom stereocenters. The second kappa shape index (κ2) is 7.84. The third-order valence-corrected chi connectivity index (χ3v) is 3.97. The Bertz CT molecular complexity index is 520. The molecule has 0 aromatic heterocycles. The Morgan fingerprint density at radius 1 is 1.27 bits per heavy atom. The van der Waals surface area contributed by atoms with Crippen LogP contribution in [0.4, 0.5) is 0 Å². The highest BCUT2D eigenvalue weighted by Crippen LogP contribution is 2.23. The van der Waals surface area contributed by atoms with Crippen LogP contribution in [0.15, 0.2) is 24.3 Å². The fourth-order valence-electron chi connectivity index (χ4n) is 2.72. The van der Waals surface area contributed by atoms with Gasteiger partial charge in [-0.15, -0.1) is 0 Å². The predicted molar refractivity (Wildman–Crippen MR) is 87.0 cm³/mol. The van der Waals surface area contributed by atoms with E-state index < -0.39 is 0 Å². The molecule has 0 aliphatic carbocycles. The lowest BCUT2D eigenvalue weighted by Crippen LogP contribution is -2.46. The van der Waals surface area contributed by atoms with Crippen LogP contribution in [0, 0.1) is 0 Å². The first-order chi connectivity index (χ1) is 10.7. The van der Waals surface area contributed by atoms with Crippen LogP contribution >= 0.6 is 0 Å². The monoisotopic (exact) mass is 304 g/mol. The van der Waals surface area contributed by atoms with Crippen molar-refractivity contribution in [2.45, 2.75) is 25.3 Å². The van der Waals surface area contributed by atoms with E-state index in [0.717, 1.165) is 31.4 Å². The summed E-state index contributed by atoms with van der Waals surface area (Å²) in [6.45, 7) is 1.30. The summed E-state index contributed by atoms with van der Waals surface area (Å²) in [5, 5.41) is 0. The van der Waals surface area contributed by atoms with Crippen molar-refractivity contribution in [1.29, 1.82) is 0 Å². The zero-order valence-electron chi connectivity index (χ0n) is 13.2. The van der Waals surface area contributed by atoms with Crippen LogP contribution in [0.3, 0.4) is 0 Å². The number of carbonyl (C=O) groups excluding carboxylic acids is 1. The average Bonchev–Trinajstić information content (AvgIpc) is 2.59. The molecule has 2 rings (SSSR count). The van der Waals surface area contributed by atoms with E-state index in [2.05, 4.69) is 0 Å². The van der Waals surface area contributed by atoms with E-state index in [9.17, 15) is 4.79 Å². The number of benzene rings is 1. The van der Waals surface area contributed by atoms with Gasteiger partial charge in [0.2, 0.25) is 5.91 Å². The molecule has 0 bridgehead atoms. The molecule has 1 aliphatic heterocycles. The van der Waals surface area contributed by atoms with E-state index in [1.54, 1.807) is 32.4 Å². The molecule has 5 heteroatoms. The molecule has 2 N–H and O–H groups in total. The van der Waals surface area contributed by atoms with Crippen LogP contribution in [0.5, 0.6) is 11.5 Å². The molecular weight excluding hydrogens is 280 g/mol. The summed E-state index contributed by atoms with van der Waals surface area (Å²) >= 11 is 0. The highest BCUT2D eigenvalue weighted by Gasteiger charge is 2.23. The molecule has 120 valence electrons. The Balaban J connectivity index is 2.11. The Kier molecular flexibility index (Phi) is 5.83. The van der Waals surface area contributed by atoms with Gasteiger partial charge in [-0.2, -0.15) is 0 Å². The summed E-state index contributed by atoms with van der Waals surface area (Å²) in [6, 6.07) is 5.69. The standard InChI is InChI=1S/C17H24N2O3/c1-21-15-9-13(10-16(11-15)22-2)6-7-17(20)19-8-4-3-5-14(19)12-18/h6-7,9-11,14H,3-5,8,12,18H2,1-2H3. The van der Waals surface area contributed by atoms with Crippen molar-refractivity contribution in [1.82, 2.24) is 4.90 Å². The molecule has 1 aliphatic rings. The Hall–Kier alpha value is -2.01. The Labute approximate surface area is 131 Å². The van der Waals surface area contributed by atoms with E-state index >= 15 is 0 Å². The first-order valence-corrected chi connectivity index (χ1v) is 7.59. The lowest BCUT2D eigenvalue weighted by Gasteiger charge is -2.34. The number of nitrogens with zero attached hydrogens (tertiary/aromatic N) is 1. The van der Waals surface area contributed by atoms with Gasteiger partial charge in [-0.25, -0.2) is 0 Å². The maximum atomic E-state index is 12.4. The predicted octanol–water partition coefficient (Wildman–Crippen LogP) is 2.06. The van der Waals surface area contributed by atoms with Crippen molar-refractivity contribution in [3.05, 3.63) is 29.8 Å². The van der Waals surface area contributed by atoms with E-state index in [1.165, 1.54) is 0 Å². The zero-order chi connectivity index (χ0) is 15.9. The number of carbonyl (C=O) groups is 1. The van der Waals surface area contributed by atoms with Crippen molar-refractivity contribution in [2.75, 3.05) is 27.3 Å². The van der Waals surface area contributed by atoms with Crippen molar-refractivity contribution in [3.63, 3.8) is 0 Å². The fourth-order valence-corrected chi connectivity index (χ4v) is 2.72. The van der Waals surface area contributed by atoms with Gasteiger partial charge in [0, 0.05) is 31.3 Å². The summed E-state index contributed by atoms with van der Waals surface area (Å²) in [7, 11) is 3.21. The van der Waals surface area contributed by atoms with Crippen LogP contribution in [0.2, 0.25) is 0 Å². The van der Waals surface area contributed by atoms with Crippen molar-refractivity contribution < 1.29 is 14.3 Å². The molecule has 1 fully saturated rings. The second-order valence-electron chi connectivity index (χ2n) is 5.40. The van der Waals surface area contributed by atoms with Gasteiger partial charge < -0.3 is 20.1 Å². The number of piperidine rings is 1. The molecule has 1 saturated heterocycles. The number of methoxy groups -OCH3 is 2. The molecule has 1 aromatic carbocycles. The van der Waals surface area contributed by atoms with Crippen molar-refractivity contribution >= 4 is 12.0 Å².